The van der Waals surface area contributed by atoms with Crippen molar-refractivity contribution in [3.8, 4) is 0 Å². The Kier molecular flexibility index (Phi) is 6.27. The highest BCUT2D eigenvalue weighted by atomic mass is 32.2. The van der Waals surface area contributed by atoms with E-state index in [1.807, 2.05) is 0 Å². The van der Waals surface area contributed by atoms with E-state index in [4.69, 9.17) is 4.74 Å². The molecule has 1 aromatic rings. The Labute approximate surface area is 174 Å². The Morgan fingerprint density at radius 1 is 1.24 bits per heavy atom. The summed E-state index contributed by atoms with van der Waals surface area (Å²) in [5, 5.41) is 9.85. The molecule has 0 bridgehead atoms. The Morgan fingerprint density at radius 2 is 1.97 bits per heavy atom. The molecular formula is C21H33N3O4S. The lowest BCUT2D eigenvalue weighted by atomic mass is 9.77. The van der Waals surface area contributed by atoms with Crippen LogP contribution in [0.25, 0.3) is 0 Å². The van der Waals surface area contributed by atoms with E-state index in [1.54, 1.807) is 22.5 Å². The molecule has 3 heterocycles. The highest BCUT2D eigenvalue weighted by Gasteiger charge is 2.45. The number of aliphatic hydroxyl groups excluding tert-OH is 1. The predicted molar refractivity (Wildman–Crippen MR) is 110 cm³/mol. The van der Waals surface area contributed by atoms with E-state index in [0.29, 0.717) is 19.1 Å². The molecule has 2 saturated heterocycles. The SMILES string of the molecule is CN(CC1CC2(CCN(S(=O)(=O)c3ccccn3)CC2)CO1)C1CCC(O)CC1. The van der Waals surface area contributed by atoms with Crippen LogP contribution in [-0.2, 0) is 14.8 Å². The second kappa shape index (κ2) is 8.59. The van der Waals surface area contributed by atoms with Crippen molar-refractivity contribution >= 4 is 10.0 Å². The lowest BCUT2D eigenvalue weighted by Crippen LogP contribution is -2.44. The van der Waals surface area contributed by atoms with Crippen molar-refractivity contribution in [2.75, 3.05) is 33.3 Å². The molecule has 1 unspecified atom stereocenters. The molecule has 162 valence electrons. The van der Waals surface area contributed by atoms with Gasteiger partial charge in [0.1, 0.15) is 0 Å². The number of hydrogen-bond donors (Lipinski definition) is 1. The number of aromatic nitrogens is 1. The van der Waals surface area contributed by atoms with Gasteiger partial charge in [0.2, 0.25) is 0 Å². The summed E-state index contributed by atoms with van der Waals surface area (Å²) >= 11 is 0. The Bertz CT molecular complexity index is 772. The molecule has 4 rings (SSSR count). The smallest absolute Gasteiger partial charge is 0.260 e. The van der Waals surface area contributed by atoms with Gasteiger partial charge in [0.15, 0.2) is 5.03 Å². The van der Waals surface area contributed by atoms with Crippen molar-refractivity contribution in [2.24, 2.45) is 5.41 Å². The zero-order valence-corrected chi connectivity index (χ0v) is 18.1. The van der Waals surface area contributed by atoms with E-state index in [1.165, 1.54) is 6.20 Å². The molecule has 1 spiro atoms. The largest absolute Gasteiger partial charge is 0.393 e. The van der Waals surface area contributed by atoms with Crippen molar-refractivity contribution in [1.29, 1.82) is 0 Å². The lowest BCUT2D eigenvalue weighted by Gasteiger charge is -2.38. The van der Waals surface area contributed by atoms with Gasteiger partial charge in [-0.3, -0.25) is 0 Å². The van der Waals surface area contributed by atoms with Gasteiger partial charge in [-0.15, -0.1) is 0 Å². The number of likely N-dealkylation sites (N-methyl/N-ethyl adjacent to an activating group) is 1. The highest BCUT2D eigenvalue weighted by Crippen LogP contribution is 2.43. The fourth-order valence-corrected chi connectivity index (χ4v) is 6.54. The Morgan fingerprint density at radius 3 is 2.62 bits per heavy atom. The number of pyridine rings is 1. The van der Waals surface area contributed by atoms with E-state index in [9.17, 15) is 13.5 Å². The first kappa shape index (κ1) is 21.2. The van der Waals surface area contributed by atoms with Crippen LogP contribution in [-0.4, -0.2) is 79.3 Å². The Balaban J connectivity index is 1.29. The second-order valence-electron chi connectivity index (χ2n) is 9.11. The van der Waals surface area contributed by atoms with Gasteiger partial charge in [-0.05, 0) is 69.5 Å². The first-order valence-corrected chi connectivity index (χ1v) is 12.2. The molecule has 1 aliphatic carbocycles. The van der Waals surface area contributed by atoms with Crippen LogP contribution in [0.4, 0.5) is 0 Å². The van der Waals surface area contributed by atoms with Crippen LogP contribution in [0.15, 0.2) is 29.4 Å². The number of hydrogen-bond acceptors (Lipinski definition) is 6. The minimum atomic E-state index is -3.51. The molecule has 1 atom stereocenters. The van der Waals surface area contributed by atoms with Crippen molar-refractivity contribution in [2.45, 2.75) is 68.2 Å². The summed E-state index contributed by atoms with van der Waals surface area (Å²) < 4.78 is 33.4. The highest BCUT2D eigenvalue weighted by molar-refractivity contribution is 7.89. The van der Waals surface area contributed by atoms with Crippen molar-refractivity contribution in [3.63, 3.8) is 0 Å². The number of piperidine rings is 1. The number of ether oxygens (including phenoxy) is 1. The molecule has 1 aromatic heterocycles. The first-order chi connectivity index (χ1) is 13.9. The molecule has 0 radical (unpaired) electrons. The summed E-state index contributed by atoms with van der Waals surface area (Å²) in [6.45, 7) is 2.71. The topological polar surface area (TPSA) is 83.0 Å². The quantitative estimate of drug-likeness (QED) is 0.779. The van der Waals surface area contributed by atoms with Crippen LogP contribution in [0.1, 0.15) is 44.9 Å². The molecule has 0 amide bonds. The summed E-state index contributed by atoms with van der Waals surface area (Å²) in [5.74, 6) is 0. The lowest BCUT2D eigenvalue weighted by molar-refractivity contribution is 0.0372. The molecule has 8 heteroatoms. The standard InChI is InChI=1S/C21H33N3O4S/c1-23(17-5-7-18(25)8-6-17)15-19-14-21(16-28-19)9-12-24(13-10-21)29(26,27)20-4-2-3-11-22-20/h2-4,11,17-19,25H,5-10,12-16H2,1H3. The third-order valence-corrected chi connectivity index (χ3v) is 8.91. The molecule has 3 fully saturated rings. The maximum Gasteiger partial charge on any atom is 0.260 e. The van der Waals surface area contributed by atoms with E-state index in [-0.39, 0.29) is 22.6 Å². The zero-order valence-electron chi connectivity index (χ0n) is 17.2. The summed E-state index contributed by atoms with van der Waals surface area (Å²) in [7, 11) is -1.34. The van der Waals surface area contributed by atoms with E-state index >= 15 is 0 Å². The third-order valence-electron chi connectivity index (χ3n) is 7.09. The summed E-state index contributed by atoms with van der Waals surface area (Å²) in [4.78, 5) is 6.43. The van der Waals surface area contributed by atoms with Crippen LogP contribution in [0.3, 0.4) is 0 Å². The molecular weight excluding hydrogens is 390 g/mol. The number of rotatable bonds is 5. The fraction of sp³-hybridized carbons (Fsp3) is 0.762. The van der Waals surface area contributed by atoms with Crippen LogP contribution in [0, 0.1) is 5.41 Å². The van der Waals surface area contributed by atoms with Crippen molar-refractivity contribution < 1.29 is 18.3 Å². The normalized spacial score (nSPS) is 30.8. The third kappa shape index (κ3) is 4.66. The molecule has 0 aromatic carbocycles. The van der Waals surface area contributed by atoms with E-state index in [2.05, 4.69) is 16.9 Å². The fourth-order valence-electron chi connectivity index (χ4n) is 5.16. The van der Waals surface area contributed by atoms with Crippen LogP contribution >= 0.6 is 0 Å². The van der Waals surface area contributed by atoms with Crippen LogP contribution in [0.2, 0.25) is 0 Å². The van der Waals surface area contributed by atoms with Gasteiger partial charge in [-0.2, -0.15) is 4.31 Å². The second-order valence-corrected chi connectivity index (χ2v) is 11.0. The van der Waals surface area contributed by atoms with Crippen molar-refractivity contribution in [3.05, 3.63) is 24.4 Å². The van der Waals surface area contributed by atoms with Gasteiger partial charge in [0.05, 0.1) is 18.8 Å². The minimum Gasteiger partial charge on any atom is -0.393 e. The van der Waals surface area contributed by atoms with Gasteiger partial charge in [0, 0.05) is 31.9 Å². The monoisotopic (exact) mass is 423 g/mol. The number of aliphatic hydroxyl groups is 1. The number of sulfonamides is 1. The molecule has 2 aliphatic heterocycles. The van der Waals surface area contributed by atoms with Gasteiger partial charge >= 0.3 is 0 Å². The molecule has 3 aliphatic rings. The van der Waals surface area contributed by atoms with Gasteiger partial charge in [0.25, 0.3) is 10.0 Å². The average molecular weight is 424 g/mol. The maximum atomic E-state index is 12.8. The van der Waals surface area contributed by atoms with Gasteiger partial charge in [-0.25, -0.2) is 13.4 Å². The summed E-state index contributed by atoms with van der Waals surface area (Å²) in [6, 6.07) is 5.54. The van der Waals surface area contributed by atoms with E-state index < -0.39 is 10.0 Å². The average Bonchev–Trinajstić information content (AvgIpc) is 3.11. The molecule has 1 N–H and O–H groups in total. The van der Waals surface area contributed by atoms with Gasteiger partial charge in [-0.1, -0.05) is 6.07 Å². The summed E-state index contributed by atoms with van der Waals surface area (Å²) in [5.41, 5.74) is 0.102. The van der Waals surface area contributed by atoms with Crippen molar-refractivity contribution in [1.82, 2.24) is 14.2 Å². The number of nitrogens with zero attached hydrogens (tertiary/aromatic N) is 3. The van der Waals surface area contributed by atoms with Crippen LogP contribution < -0.4 is 0 Å². The van der Waals surface area contributed by atoms with Crippen LogP contribution in [0.5, 0.6) is 0 Å². The predicted octanol–water partition coefficient (Wildman–Crippen LogP) is 1.88. The zero-order chi connectivity index (χ0) is 20.5. The molecule has 29 heavy (non-hydrogen) atoms. The van der Waals surface area contributed by atoms with E-state index in [0.717, 1.165) is 58.1 Å². The first-order valence-electron chi connectivity index (χ1n) is 10.8. The minimum absolute atomic E-state index is 0.102. The summed E-state index contributed by atoms with van der Waals surface area (Å²) in [6.07, 6.45) is 8.19. The van der Waals surface area contributed by atoms with Gasteiger partial charge < -0.3 is 14.7 Å². The molecule has 7 nitrogen and oxygen atoms in total. The molecule has 1 saturated carbocycles. The Hall–Kier alpha value is -1.06. The maximum absolute atomic E-state index is 12.8.